The first-order valence-electron chi connectivity index (χ1n) is 11.5. The highest BCUT2D eigenvalue weighted by Gasteiger charge is 2.18. The average molecular weight is 443 g/mol. The first-order valence-corrected chi connectivity index (χ1v) is 11.5. The van der Waals surface area contributed by atoms with E-state index in [1.807, 2.05) is 61.5 Å². The third-order valence-electron chi connectivity index (χ3n) is 5.77. The highest BCUT2D eigenvalue weighted by atomic mass is 16.3. The molecule has 0 saturated carbocycles. The number of anilines is 1. The van der Waals surface area contributed by atoms with Crippen LogP contribution >= 0.6 is 0 Å². The number of hydrogen-bond acceptors (Lipinski definition) is 5. The molecule has 0 bridgehead atoms. The number of furan rings is 1. The van der Waals surface area contributed by atoms with Crippen LogP contribution in [0, 0.1) is 0 Å². The Balaban J connectivity index is 1.66. The minimum atomic E-state index is 0.0543. The van der Waals surface area contributed by atoms with Crippen molar-refractivity contribution in [1.29, 1.82) is 0 Å². The fourth-order valence-corrected chi connectivity index (χ4v) is 3.73. The van der Waals surface area contributed by atoms with Crippen molar-refractivity contribution in [1.82, 2.24) is 15.3 Å². The molecule has 1 amide bonds. The van der Waals surface area contributed by atoms with Crippen LogP contribution in [-0.2, 0) is 11.2 Å². The second-order valence-corrected chi connectivity index (χ2v) is 8.21. The minimum Gasteiger partial charge on any atom is -0.461 e. The van der Waals surface area contributed by atoms with Crippen LogP contribution in [-0.4, -0.2) is 35.0 Å². The van der Waals surface area contributed by atoms with Gasteiger partial charge in [0.15, 0.2) is 11.6 Å². The van der Waals surface area contributed by atoms with Crippen LogP contribution in [0.5, 0.6) is 0 Å². The molecule has 6 heteroatoms. The van der Waals surface area contributed by atoms with Gasteiger partial charge in [0.2, 0.25) is 5.91 Å². The van der Waals surface area contributed by atoms with E-state index < -0.39 is 0 Å². The lowest BCUT2D eigenvalue weighted by Gasteiger charge is -2.25. The van der Waals surface area contributed by atoms with Crippen LogP contribution < -0.4 is 10.2 Å². The molecule has 0 fully saturated rings. The lowest BCUT2D eigenvalue weighted by atomic mass is 10.1. The molecule has 1 unspecified atom stereocenters. The SMILES string of the molecule is CCC(C)NC(=O)CCN(CCc1ccccc1)c1nc(-c2ccco2)nc2ccccc12. The van der Waals surface area contributed by atoms with Gasteiger partial charge < -0.3 is 14.6 Å². The summed E-state index contributed by atoms with van der Waals surface area (Å²) in [5.74, 6) is 2.04. The number of para-hydroxylation sites is 1. The van der Waals surface area contributed by atoms with E-state index in [1.54, 1.807) is 6.26 Å². The molecule has 0 aliphatic carbocycles. The third-order valence-corrected chi connectivity index (χ3v) is 5.77. The average Bonchev–Trinajstić information content (AvgIpc) is 3.39. The Hall–Kier alpha value is -3.67. The Morgan fingerprint density at radius 2 is 1.79 bits per heavy atom. The topological polar surface area (TPSA) is 71.3 Å². The summed E-state index contributed by atoms with van der Waals surface area (Å²) in [4.78, 5) is 24.4. The highest BCUT2D eigenvalue weighted by molar-refractivity contribution is 5.91. The van der Waals surface area contributed by atoms with Gasteiger partial charge in [0.1, 0.15) is 5.82 Å². The fraction of sp³-hybridized carbons (Fsp3) is 0.296. The van der Waals surface area contributed by atoms with Crippen LogP contribution in [0.4, 0.5) is 5.82 Å². The number of benzene rings is 2. The molecule has 170 valence electrons. The molecule has 1 N–H and O–H groups in total. The standard InChI is InChI=1S/C27H30N4O2/c1-3-20(2)28-25(32)16-18-31(17-15-21-10-5-4-6-11-21)27-22-12-7-8-13-23(22)29-26(30-27)24-14-9-19-33-24/h4-14,19-20H,3,15-18H2,1-2H3,(H,28,32). The molecule has 0 saturated heterocycles. The molecule has 4 rings (SSSR count). The molecule has 33 heavy (non-hydrogen) atoms. The first-order chi connectivity index (χ1) is 16.1. The van der Waals surface area contributed by atoms with Crippen molar-refractivity contribution in [3.8, 4) is 11.6 Å². The second-order valence-electron chi connectivity index (χ2n) is 8.21. The summed E-state index contributed by atoms with van der Waals surface area (Å²) in [6.45, 7) is 5.39. The molecular formula is C27H30N4O2. The number of hydrogen-bond donors (Lipinski definition) is 1. The Labute approximate surface area is 194 Å². The van der Waals surface area contributed by atoms with E-state index in [2.05, 4.69) is 29.3 Å². The molecule has 0 radical (unpaired) electrons. The fourth-order valence-electron chi connectivity index (χ4n) is 3.73. The summed E-state index contributed by atoms with van der Waals surface area (Å²) in [5.41, 5.74) is 2.10. The van der Waals surface area contributed by atoms with Crippen LogP contribution in [0.2, 0.25) is 0 Å². The van der Waals surface area contributed by atoms with E-state index in [0.29, 0.717) is 24.6 Å². The van der Waals surface area contributed by atoms with Crippen molar-refractivity contribution in [2.45, 2.75) is 39.2 Å². The maximum Gasteiger partial charge on any atom is 0.221 e. The second kappa shape index (κ2) is 10.8. The predicted octanol–water partition coefficient (Wildman–Crippen LogP) is 5.24. The van der Waals surface area contributed by atoms with Crippen LogP contribution in [0.25, 0.3) is 22.5 Å². The van der Waals surface area contributed by atoms with Gasteiger partial charge in [-0.15, -0.1) is 0 Å². The number of rotatable bonds is 10. The van der Waals surface area contributed by atoms with E-state index in [9.17, 15) is 4.79 Å². The van der Waals surface area contributed by atoms with Crippen molar-refractivity contribution < 1.29 is 9.21 Å². The van der Waals surface area contributed by atoms with Crippen LogP contribution in [0.15, 0.2) is 77.4 Å². The van der Waals surface area contributed by atoms with Gasteiger partial charge in [0, 0.05) is 30.9 Å². The monoisotopic (exact) mass is 442 g/mol. The Kier molecular flexibility index (Phi) is 7.35. The van der Waals surface area contributed by atoms with Gasteiger partial charge >= 0.3 is 0 Å². The number of carbonyl (C=O) groups excluding carboxylic acids is 1. The lowest BCUT2D eigenvalue weighted by molar-refractivity contribution is -0.121. The van der Waals surface area contributed by atoms with Crippen LogP contribution in [0.3, 0.4) is 0 Å². The van der Waals surface area contributed by atoms with Crippen molar-refractivity contribution in [3.05, 3.63) is 78.6 Å². The summed E-state index contributed by atoms with van der Waals surface area (Å²) >= 11 is 0. The van der Waals surface area contributed by atoms with Gasteiger partial charge in [-0.3, -0.25) is 4.79 Å². The van der Waals surface area contributed by atoms with Gasteiger partial charge in [-0.25, -0.2) is 9.97 Å². The minimum absolute atomic E-state index is 0.0543. The lowest BCUT2D eigenvalue weighted by Crippen LogP contribution is -2.36. The van der Waals surface area contributed by atoms with E-state index in [4.69, 9.17) is 14.4 Å². The molecule has 0 aliphatic rings. The predicted molar refractivity (Wildman–Crippen MR) is 132 cm³/mol. The van der Waals surface area contributed by atoms with Gasteiger partial charge in [-0.1, -0.05) is 49.4 Å². The van der Waals surface area contributed by atoms with Gasteiger partial charge in [0.25, 0.3) is 0 Å². The van der Waals surface area contributed by atoms with Crippen LogP contribution in [0.1, 0.15) is 32.3 Å². The Bertz CT molecular complexity index is 1180. The summed E-state index contributed by atoms with van der Waals surface area (Å²) < 4.78 is 5.58. The third kappa shape index (κ3) is 5.77. The highest BCUT2D eigenvalue weighted by Crippen LogP contribution is 2.28. The van der Waals surface area contributed by atoms with Gasteiger partial charge in [-0.2, -0.15) is 0 Å². The van der Waals surface area contributed by atoms with Crippen molar-refractivity contribution in [2.75, 3.05) is 18.0 Å². The summed E-state index contributed by atoms with van der Waals surface area (Å²) in [6.07, 6.45) is 3.78. The maximum absolute atomic E-state index is 12.6. The Morgan fingerprint density at radius 1 is 1.00 bits per heavy atom. The largest absolute Gasteiger partial charge is 0.461 e. The Morgan fingerprint density at radius 3 is 2.55 bits per heavy atom. The van der Waals surface area contributed by atoms with Gasteiger partial charge in [0.05, 0.1) is 11.8 Å². The molecule has 2 aromatic carbocycles. The van der Waals surface area contributed by atoms with E-state index >= 15 is 0 Å². The molecule has 2 heterocycles. The molecule has 0 spiro atoms. The van der Waals surface area contributed by atoms with E-state index in [0.717, 1.165) is 36.1 Å². The molecule has 1 atom stereocenters. The molecule has 4 aromatic rings. The quantitative estimate of drug-likeness (QED) is 0.363. The first kappa shape index (κ1) is 22.5. The molecule has 6 nitrogen and oxygen atoms in total. The zero-order chi connectivity index (χ0) is 23.0. The van der Waals surface area contributed by atoms with E-state index in [1.165, 1.54) is 5.56 Å². The zero-order valence-corrected chi connectivity index (χ0v) is 19.2. The molecule has 0 aliphatic heterocycles. The maximum atomic E-state index is 12.6. The normalized spacial score (nSPS) is 11.9. The number of nitrogens with one attached hydrogen (secondary N) is 1. The number of nitrogens with zero attached hydrogens (tertiary/aromatic N) is 3. The smallest absolute Gasteiger partial charge is 0.221 e. The summed E-state index contributed by atoms with van der Waals surface area (Å²) in [5, 5.41) is 4.03. The number of aromatic nitrogens is 2. The number of carbonyl (C=O) groups is 1. The molecule has 2 aromatic heterocycles. The summed E-state index contributed by atoms with van der Waals surface area (Å²) in [7, 11) is 0. The number of fused-ring (bicyclic) bond motifs is 1. The van der Waals surface area contributed by atoms with Crippen molar-refractivity contribution >= 4 is 22.6 Å². The molecular weight excluding hydrogens is 412 g/mol. The van der Waals surface area contributed by atoms with Crippen molar-refractivity contribution in [3.63, 3.8) is 0 Å². The zero-order valence-electron chi connectivity index (χ0n) is 19.2. The van der Waals surface area contributed by atoms with Gasteiger partial charge in [-0.05, 0) is 49.6 Å². The van der Waals surface area contributed by atoms with Crippen molar-refractivity contribution in [2.24, 2.45) is 0 Å². The van der Waals surface area contributed by atoms with E-state index in [-0.39, 0.29) is 11.9 Å². The number of amides is 1. The summed E-state index contributed by atoms with van der Waals surface area (Å²) in [6, 6.07) is 22.2.